The predicted octanol–water partition coefficient (Wildman–Crippen LogP) is 3.06. The third-order valence-electron chi connectivity index (χ3n) is 3.67. The first-order valence-electron chi connectivity index (χ1n) is 8.09. The van der Waals surface area contributed by atoms with E-state index in [1.165, 1.54) is 0 Å². The van der Waals surface area contributed by atoms with Gasteiger partial charge in [0.1, 0.15) is 5.69 Å². The number of hydrogen-bond donors (Lipinski definition) is 1. The fourth-order valence-corrected chi connectivity index (χ4v) is 2.54. The van der Waals surface area contributed by atoms with Gasteiger partial charge in [-0.15, -0.1) is 0 Å². The number of carbonyl (C=O) groups excluding carboxylic acids is 1. The van der Waals surface area contributed by atoms with Gasteiger partial charge in [-0.3, -0.25) is 4.79 Å². The van der Waals surface area contributed by atoms with Crippen molar-refractivity contribution in [2.45, 2.75) is 32.4 Å². The van der Waals surface area contributed by atoms with Crippen LogP contribution in [0.4, 0.5) is 0 Å². The molecule has 2 aromatic rings. The molecule has 1 amide bonds. The summed E-state index contributed by atoms with van der Waals surface area (Å²) in [5.74, 6) is 0.231. The van der Waals surface area contributed by atoms with Crippen LogP contribution in [-0.2, 0) is 0 Å². The molecule has 1 unspecified atom stereocenters. The van der Waals surface area contributed by atoms with E-state index in [1.54, 1.807) is 30.1 Å². The van der Waals surface area contributed by atoms with Crippen molar-refractivity contribution < 1.29 is 14.6 Å². The average Bonchev–Trinajstić information content (AvgIpc) is 2.59. The van der Waals surface area contributed by atoms with Crippen LogP contribution in [0.5, 0.6) is 5.88 Å². The molecule has 0 aliphatic rings. The number of aliphatic hydroxyl groups excluding tert-OH is 1. The Bertz CT molecular complexity index is 659. The van der Waals surface area contributed by atoms with Crippen LogP contribution in [0.2, 0.25) is 0 Å². The fourth-order valence-electron chi connectivity index (χ4n) is 2.54. The highest BCUT2D eigenvalue weighted by Gasteiger charge is 2.23. The van der Waals surface area contributed by atoms with Crippen LogP contribution in [0.1, 0.15) is 42.4 Å². The molecule has 1 aromatic heterocycles. The molecule has 1 N–H and O–H groups in total. The number of carbonyl (C=O) groups is 1. The van der Waals surface area contributed by atoms with Crippen molar-refractivity contribution in [3.8, 4) is 5.88 Å². The van der Waals surface area contributed by atoms with Gasteiger partial charge >= 0.3 is 0 Å². The minimum atomic E-state index is -0.208. The first-order chi connectivity index (χ1) is 11.5. The van der Waals surface area contributed by atoms with Gasteiger partial charge in [-0.25, -0.2) is 4.98 Å². The molecule has 0 spiro atoms. The van der Waals surface area contributed by atoms with Gasteiger partial charge in [0, 0.05) is 19.7 Å². The second kappa shape index (κ2) is 8.45. The second-order valence-corrected chi connectivity index (χ2v) is 5.88. The van der Waals surface area contributed by atoms with E-state index in [2.05, 4.69) is 4.98 Å². The molecule has 5 heteroatoms. The Hall–Kier alpha value is -2.40. The maximum absolute atomic E-state index is 12.8. The summed E-state index contributed by atoms with van der Waals surface area (Å²) in [4.78, 5) is 18.7. The summed E-state index contributed by atoms with van der Waals surface area (Å²) in [7, 11) is 1.73. The topological polar surface area (TPSA) is 62.7 Å². The summed E-state index contributed by atoms with van der Waals surface area (Å²) in [6.45, 7) is 3.82. The van der Waals surface area contributed by atoms with Crippen molar-refractivity contribution in [2.75, 3.05) is 13.7 Å². The van der Waals surface area contributed by atoms with E-state index in [9.17, 15) is 9.90 Å². The molecule has 0 saturated carbocycles. The van der Waals surface area contributed by atoms with Crippen molar-refractivity contribution in [1.29, 1.82) is 0 Å². The Morgan fingerprint density at radius 2 is 1.88 bits per heavy atom. The Balaban J connectivity index is 2.23. The molecule has 5 nitrogen and oxygen atoms in total. The van der Waals surface area contributed by atoms with Crippen LogP contribution in [0, 0.1) is 0 Å². The molecular formula is C19H24N2O3. The number of rotatable bonds is 7. The number of benzene rings is 1. The lowest BCUT2D eigenvalue weighted by Crippen LogP contribution is -2.32. The monoisotopic (exact) mass is 328 g/mol. The number of pyridine rings is 1. The van der Waals surface area contributed by atoms with E-state index < -0.39 is 0 Å². The summed E-state index contributed by atoms with van der Waals surface area (Å²) in [6, 6.07) is 14.6. The molecular weight excluding hydrogens is 304 g/mol. The Morgan fingerprint density at radius 3 is 2.50 bits per heavy atom. The lowest BCUT2D eigenvalue weighted by molar-refractivity contribution is 0.0697. The highest BCUT2D eigenvalue weighted by Crippen LogP contribution is 2.24. The van der Waals surface area contributed by atoms with Gasteiger partial charge in [0.2, 0.25) is 5.88 Å². The Kier molecular flexibility index (Phi) is 6.32. The quantitative estimate of drug-likeness (QED) is 0.848. The van der Waals surface area contributed by atoms with Crippen LogP contribution >= 0.6 is 0 Å². The lowest BCUT2D eigenvalue weighted by Gasteiger charge is -2.28. The van der Waals surface area contributed by atoms with Gasteiger partial charge in [0.25, 0.3) is 5.91 Å². The van der Waals surface area contributed by atoms with Crippen molar-refractivity contribution in [2.24, 2.45) is 0 Å². The molecule has 0 aliphatic carbocycles. The van der Waals surface area contributed by atoms with E-state index in [4.69, 9.17) is 4.74 Å². The normalized spacial score (nSPS) is 12.0. The van der Waals surface area contributed by atoms with Crippen LogP contribution in [0.15, 0.2) is 48.5 Å². The molecule has 0 aliphatic heterocycles. The standard InChI is InChI=1S/C19H24N2O3/c1-14(2)24-18-11-7-10-16(20-18)19(23)21(3)17(12-13-22)15-8-5-4-6-9-15/h4-11,14,17,22H,12-13H2,1-3H3. The minimum Gasteiger partial charge on any atom is -0.475 e. The summed E-state index contributed by atoms with van der Waals surface area (Å²) < 4.78 is 5.56. The number of ether oxygens (including phenoxy) is 1. The largest absolute Gasteiger partial charge is 0.475 e. The first-order valence-corrected chi connectivity index (χ1v) is 8.09. The van der Waals surface area contributed by atoms with E-state index in [0.717, 1.165) is 5.56 Å². The smallest absolute Gasteiger partial charge is 0.272 e. The number of aromatic nitrogens is 1. The van der Waals surface area contributed by atoms with Crippen LogP contribution in [0.3, 0.4) is 0 Å². The summed E-state index contributed by atoms with van der Waals surface area (Å²) in [5.41, 5.74) is 1.31. The zero-order chi connectivity index (χ0) is 17.5. The Labute approximate surface area is 142 Å². The number of amides is 1. The van der Waals surface area contributed by atoms with Gasteiger partial charge in [-0.05, 0) is 31.9 Å². The van der Waals surface area contributed by atoms with Crippen molar-refractivity contribution >= 4 is 5.91 Å². The molecule has 24 heavy (non-hydrogen) atoms. The van der Waals surface area contributed by atoms with Crippen LogP contribution in [0.25, 0.3) is 0 Å². The summed E-state index contributed by atoms with van der Waals surface area (Å²) >= 11 is 0. The molecule has 0 radical (unpaired) electrons. The maximum atomic E-state index is 12.8. The number of hydrogen-bond acceptors (Lipinski definition) is 4. The van der Waals surface area contributed by atoms with Gasteiger partial charge < -0.3 is 14.7 Å². The van der Waals surface area contributed by atoms with Crippen LogP contribution < -0.4 is 4.74 Å². The van der Waals surface area contributed by atoms with Crippen molar-refractivity contribution in [3.63, 3.8) is 0 Å². The van der Waals surface area contributed by atoms with Gasteiger partial charge in [-0.2, -0.15) is 0 Å². The molecule has 128 valence electrons. The van der Waals surface area contributed by atoms with E-state index in [-0.39, 0.29) is 24.7 Å². The highest BCUT2D eigenvalue weighted by molar-refractivity contribution is 5.92. The zero-order valence-electron chi connectivity index (χ0n) is 14.3. The van der Waals surface area contributed by atoms with Gasteiger partial charge in [0.05, 0.1) is 12.1 Å². The van der Waals surface area contributed by atoms with Gasteiger partial charge in [0.15, 0.2) is 0 Å². The average molecular weight is 328 g/mol. The number of aliphatic hydroxyl groups is 1. The van der Waals surface area contributed by atoms with Crippen molar-refractivity contribution in [3.05, 3.63) is 59.8 Å². The van der Waals surface area contributed by atoms with E-state index >= 15 is 0 Å². The molecule has 2 rings (SSSR count). The lowest BCUT2D eigenvalue weighted by atomic mass is 10.0. The van der Waals surface area contributed by atoms with E-state index in [0.29, 0.717) is 18.0 Å². The zero-order valence-corrected chi connectivity index (χ0v) is 14.3. The third-order valence-corrected chi connectivity index (χ3v) is 3.67. The predicted molar refractivity (Wildman–Crippen MR) is 93.0 cm³/mol. The Morgan fingerprint density at radius 1 is 1.17 bits per heavy atom. The minimum absolute atomic E-state index is 0.00110. The maximum Gasteiger partial charge on any atom is 0.272 e. The summed E-state index contributed by atoms with van der Waals surface area (Å²) in [5, 5.41) is 9.37. The van der Waals surface area contributed by atoms with E-state index in [1.807, 2.05) is 44.2 Å². The molecule has 0 fully saturated rings. The molecule has 0 bridgehead atoms. The fraction of sp³-hybridized carbons (Fsp3) is 0.368. The molecule has 1 aromatic carbocycles. The molecule has 1 atom stereocenters. The highest BCUT2D eigenvalue weighted by atomic mass is 16.5. The SMILES string of the molecule is CC(C)Oc1cccc(C(=O)N(C)C(CCO)c2ccccc2)n1. The molecule has 0 saturated heterocycles. The first kappa shape index (κ1) is 17.9. The van der Waals surface area contributed by atoms with Crippen LogP contribution in [-0.4, -0.2) is 40.7 Å². The second-order valence-electron chi connectivity index (χ2n) is 5.88. The number of nitrogens with zero attached hydrogens (tertiary/aromatic N) is 2. The van der Waals surface area contributed by atoms with Crippen molar-refractivity contribution in [1.82, 2.24) is 9.88 Å². The third kappa shape index (κ3) is 4.55. The van der Waals surface area contributed by atoms with Gasteiger partial charge in [-0.1, -0.05) is 36.4 Å². The molecule has 1 heterocycles. The summed E-state index contributed by atoms with van der Waals surface area (Å²) in [6.07, 6.45) is 0.459.